The van der Waals surface area contributed by atoms with Gasteiger partial charge in [-0.15, -0.1) is 0 Å². The molecule has 0 bridgehead atoms. The molecule has 1 heterocycles. The summed E-state index contributed by atoms with van der Waals surface area (Å²) in [6, 6.07) is 0.700. The van der Waals surface area contributed by atoms with Crippen LogP contribution in [-0.4, -0.2) is 55.4 Å². The Balaban J connectivity index is 1.79. The van der Waals surface area contributed by atoms with E-state index in [1.807, 2.05) is 0 Å². The van der Waals surface area contributed by atoms with E-state index in [1.54, 1.807) is 0 Å². The van der Waals surface area contributed by atoms with Gasteiger partial charge in [-0.1, -0.05) is 6.92 Å². The summed E-state index contributed by atoms with van der Waals surface area (Å²) in [4.78, 5) is 16.8. The molecular weight excluding hydrogens is 224 g/mol. The van der Waals surface area contributed by atoms with Crippen molar-refractivity contribution in [2.45, 2.75) is 45.1 Å². The maximum absolute atomic E-state index is 11.9. The highest BCUT2D eigenvalue weighted by Gasteiger charge is 2.29. The summed E-state index contributed by atoms with van der Waals surface area (Å²) in [6.45, 7) is 5.60. The van der Waals surface area contributed by atoms with Crippen LogP contribution in [0.4, 0.5) is 0 Å². The third-order valence-electron chi connectivity index (χ3n) is 4.75. The molecule has 0 aromatic rings. The average Bonchev–Trinajstić information content (AvgIpc) is 2.70. The number of nitrogens with zero attached hydrogens (tertiary/aromatic N) is 2. The highest BCUT2D eigenvalue weighted by molar-refractivity contribution is 5.81. The lowest BCUT2D eigenvalue weighted by atomic mass is 9.81. The number of Topliss-reactive ketones (excluding diaryl/α,β-unsaturated/α-hetero) is 1. The van der Waals surface area contributed by atoms with Crippen molar-refractivity contribution in [1.29, 1.82) is 0 Å². The molecule has 0 aromatic carbocycles. The summed E-state index contributed by atoms with van der Waals surface area (Å²) in [5, 5.41) is 0. The first-order chi connectivity index (χ1) is 8.56. The van der Waals surface area contributed by atoms with Crippen LogP contribution < -0.4 is 0 Å². The SMILES string of the molecule is CC1CCC(=O)C(CN(C)CC2CCCN2C)C1. The molecule has 2 aliphatic rings. The second-order valence-electron chi connectivity index (χ2n) is 6.54. The second-order valence-corrected chi connectivity index (χ2v) is 6.54. The van der Waals surface area contributed by atoms with E-state index in [4.69, 9.17) is 0 Å². The summed E-state index contributed by atoms with van der Waals surface area (Å²) in [5.74, 6) is 1.53. The van der Waals surface area contributed by atoms with E-state index in [-0.39, 0.29) is 0 Å². The predicted molar refractivity (Wildman–Crippen MR) is 74.7 cm³/mol. The molecule has 3 unspecified atom stereocenters. The van der Waals surface area contributed by atoms with Crippen LogP contribution >= 0.6 is 0 Å². The third-order valence-corrected chi connectivity index (χ3v) is 4.75. The van der Waals surface area contributed by atoms with E-state index in [2.05, 4.69) is 30.8 Å². The normalized spacial score (nSPS) is 34.4. The largest absolute Gasteiger partial charge is 0.304 e. The van der Waals surface area contributed by atoms with Crippen molar-refractivity contribution in [2.24, 2.45) is 11.8 Å². The molecule has 3 heteroatoms. The zero-order valence-corrected chi connectivity index (χ0v) is 12.2. The fourth-order valence-electron chi connectivity index (χ4n) is 3.52. The van der Waals surface area contributed by atoms with Gasteiger partial charge in [0.25, 0.3) is 0 Å². The molecule has 2 rings (SSSR count). The number of ketones is 1. The number of carbonyl (C=O) groups excluding carboxylic acids is 1. The van der Waals surface area contributed by atoms with Gasteiger partial charge in [0, 0.05) is 31.5 Å². The van der Waals surface area contributed by atoms with Crippen molar-refractivity contribution in [2.75, 3.05) is 33.7 Å². The molecule has 0 spiro atoms. The summed E-state index contributed by atoms with van der Waals surface area (Å²) in [6.07, 6.45) is 5.65. The van der Waals surface area contributed by atoms with Crippen LogP contribution in [0.2, 0.25) is 0 Å². The van der Waals surface area contributed by atoms with Crippen LogP contribution in [0.3, 0.4) is 0 Å². The molecule has 104 valence electrons. The summed E-state index contributed by atoms with van der Waals surface area (Å²) in [7, 11) is 4.40. The lowest BCUT2D eigenvalue weighted by molar-refractivity contribution is -0.126. The summed E-state index contributed by atoms with van der Waals surface area (Å²) < 4.78 is 0. The van der Waals surface area contributed by atoms with Crippen LogP contribution in [-0.2, 0) is 4.79 Å². The maximum atomic E-state index is 11.9. The Morgan fingerprint density at radius 1 is 1.33 bits per heavy atom. The zero-order valence-electron chi connectivity index (χ0n) is 12.2. The maximum Gasteiger partial charge on any atom is 0.137 e. The van der Waals surface area contributed by atoms with Crippen molar-refractivity contribution in [3.63, 3.8) is 0 Å². The lowest BCUT2D eigenvalue weighted by Crippen LogP contribution is -2.41. The van der Waals surface area contributed by atoms with Gasteiger partial charge in [0.1, 0.15) is 5.78 Å². The van der Waals surface area contributed by atoms with Crippen molar-refractivity contribution < 1.29 is 4.79 Å². The van der Waals surface area contributed by atoms with E-state index in [9.17, 15) is 4.79 Å². The van der Waals surface area contributed by atoms with E-state index in [0.29, 0.717) is 17.7 Å². The van der Waals surface area contributed by atoms with Crippen molar-refractivity contribution in [3.05, 3.63) is 0 Å². The van der Waals surface area contributed by atoms with E-state index >= 15 is 0 Å². The first-order valence-corrected chi connectivity index (χ1v) is 7.47. The minimum atomic E-state index is 0.297. The minimum Gasteiger partial charge on any atom is -0.304 e. The quantitative estimate of drug-likeness (QED) is 0.765. The molecule has 0 N–H and O–H groups in total. The van der Waals surface area contributed by atoms with E-state index in [1.165, 1.54) is 19.4 Å². The van der Waals surface area contributed by atoms with Crippen molar-refractivity contribution in [1.82, 2.24) is 9.80 Å². The van der Waals surface area contributed by atoms with Gasteiger partial charge < -0.3 is 9.80 Å². The topological polar surface area (TPSA) is 23.6 Å². The van der Waals surface area contributed by atoms with E-state index < -0.39 is 0 Å². The van der Waals surface area contributed by atoms with Crippen LogP contribution in [0.25, 0.3) is 0 Å². The van der Waals surface area contributed by atoms with Gasteiger partial charge in [-0.3, -0.25) is 4.79 Å². The number of hydrogen-bond donors (Lipinski definition) is 0. The van der Waals surface area contributed by atoms with Gasteiger partial charge in [0.05, 0.1) is 0 Å². The van der Waals surface area contributed by atoms with Crippen molar-refractivity contribution in [3.8, 4) is 0 Å². The Kier molecular flexibility index (Phi) is 4.79. The molecule has 0 amide bonds. The van der Waals surface area contributed by atoms with Gasteiger partial charge in [0.15, 0.2) is 0 Å². The van der Waals surface area contributed by atoms with Gasteiger partial charge in [-0.2, -0.15) is 0 Å². The summed E-state index contributed by atoms with van der Waals surface area (Å²) in [5.41, 5.74) is 0. The molecule has 0 radical (unpaired) electrons. The highest BCUT2D eigenvalue weighted by atomic mass is 16.1. The lowest BCUT2D eigenvalue weighted by Gasteiger charge is -2.31. The number of hydrogen-bond acceptors (Lipinski definition) is 3. The number of likely N-dealkylation sites (tertiary alicyclic amines) is 1. The van der Waals surface area contributed by atoms with Crippen LogP contribution in [0.1, 0.15) is 39.0 Å². The first-order valence-electron chi connectivity index (χ1n) is 7.47. The Labute approximate surface area is 112 Å². The number of carbonyl (C=O) groups is 1. The molecule has 1 saturated heterocycles. The molecule has 18 heavy (non-hydrogen) atoms. The number of likely N-dealkylation sites (N-methyl/N-ethyl adjacent to an activating group) is 2. The fraction of sp³-hybridized carbons (Fsp3) is 0.933. The van der Waals surface area contributed by atoms with Crippen LogP contribution in [0.5, 0.6) is 0 Å². The molecule has 1 aliphatic heterocycles. The van der Waals surface area contributed by atoms with Gasteiger partial charge in [-0.05, 0) is 52.2 Å². The standard InChI is InChI=1S/C15H28N2O/c1-12-6-7-15(18)13(9-12)10-16(2)11-14-5-4-8-17(14)3/h12-14H,4-11H2,1-3H3. The Morgan fingerprint density at radius 3 is 2.78 bits per heavy atom. The molecular formula is C15H28N2O. The molecule has 1 aliphatic carbocycles. The Bertz CT molecular complexity index is 292. The smallest absolute Gasteiger partial charge is 0.137 e. The van der Waals surface area contributed by atoms with Crippen molar-refractivity contribution >= 4 is 5.78 Å². The highest BCUT2D eigenvalue weighted by Crippen LogP contribution is 2.26. The zero-order chi connectivity index (χ0) is 13.1. The van der Waals surface area contributed by atoms with Crippen LogP contribution in [0, 0.1) is 11.8 Å². The monoisotopic (exact) mass is 252 g/mol. The third kappa shape index (κ3) is 3.55. The van der Waals surface area contributed by atoms with E-state index in [0.717, 1.165) is 38.3 Å². The second kappa shape index (κ2) is 6.16. The van der Waals surface area contributed by atoms with Gasteiger partial charge in [0.2, 0.25) is 0 Å². The Hall–Kier alpha value is -0.410. The summed E-state index contributed by atoms with van der Waals surface area (Å²) >= 11 is 0. The molecule has 2 fully saturated rings. The Morgan fingerprint density at radius 2 is 2.11 bits per heavy atom. The van der Waals surface area contributed by atoms with Gasteiger partial charge in [-0.25, -0.2) is 0 Å². The van der Waals surface area contributed by atoms with Crippen LogP contribution in [0.15, 0.2) is 0 Å². The molecule has 1 saturated carbocycles. The predicted octanol–water partition coefficient (Wildman–Crippen LogP) is 2.02. The molecule has 3 nitrogen and oxygen atoms in total. The first kappa shape index (κ1) is 14.0. The average molecular weight is 252 g/mol. The molecule has 0 aromatic heterocycles. The van der Waals surface area contributed by atoms with Gasteiger partial charge >= 0.3 is 0 Å². The minimum absolute atomic E-state index is 0.297. The fourth-order valence-corrected chi connectivity index (χ4v) is 3.52. The molecule has 3 atom stereocenters. The number of rotatable bonds is 4.